The summed E-state index contributed by atoms with van der Waals surface area (Å²) in [5.41, 5.74) is 1.11. The molecule has 16 heavy (non-hydrogen) atoms. The van der Waals surface area contributed by atoms with E-state index in [0.29, 0.717) is 6.10 Å². The third kappa shape index (κ3) is 2.71. The van der Waals surface area contributed by atoms with Crippen molar-refractivity contribution >= 4 is 11.8 Å². The number of ether oxygens (including phenoxy) is 1. The molecule has 1 N–H and O–H groups in total. The Morgan fingerprint density at radius 1 is 1.50 bits per heavy atom. The number of thioether (sulfide) groups is 1. The molecule has 2 atom stereocenters. The molecule has 2 rings (SSSR count). The molecule has 1 aliphatic rings. The van der Waals surface area contributed by atoms with Crippen molar-refractivity contribution < 1.29 is 9.84 Å². The predicted molar refractivity (Wildman–Crippen MR) is 68.3 cm³/mol. The topological polar surface area (TPSA) is 29.5 Å². The van der Waals surface area contributed by atoms with Gasteiger partial charge in [0.2, 0.25) is 0 Å². The van der Waals surface area contributed by atoms with Gasteiger partial charge < -0.3 is 9.84 Å². The lowest BCUT2D eigenvalue weighted by Crippen LogP contribution is -2.16. The zero-order valence-electron chi connectivity index (χ0n) is 9.56. The number of hydrogen-bond donors (Lipinski definition) is 1. The van der Waals surface area contributed by atoms with Crippen LogP contribution in [0.3, 0.4) is 0 Å². The van der Waals surface area contributed by atoms with Crippen LogP contribution in [-0.4, -0.2) is 29.3 Å². The standard InChI is InChI=1S/C13H18O2S/c1-10(8-14)12-4-2-3-5-13(12)15-11-6-7-16-9-11/h2-5,10-11,14H,6-9H2,1H3. The number of aliphatic hydroxyl groups excluding tert-OH is 1. The van der Waals surface area contributed by atoms with Crippen LogP contribution < -0.4 is 4.74 Å². The van der Waals surface area contributed by atoms with Crippen molar-refractivity contribution in [2.45, 2.75) is 25.4 Å². The third-order valence-electron chi connectivity index (χ3n) is 2.91. The first-order valence-electron chi connectivity index (χ1n) is 5.75. The molecule has 1 aliphatic heterocycles. The Bertz CT molecular complexity index is 334. The Morgan fingerprint density at radius 3 is 3.00 bits per heavy atom. The number of hydrogen-bond acceptors (Lipinski definition) is 3. The number of aliphatic hydroxyl groups is 1. The molecule has 2 nitrogen and oxygen atoms in total. The highest BCUT2D eigenvalue weighted by atomic mass is 32.2. The van der Waals surface area contributed by atoms with Crippen molar-refractivity contribution in [2.75, 3.05) is 18.1 Å². The molecule has 1 saturated heterocycles. The van der Waals surface area contributed by atoms with Crippen LogP contribution in [-0.2, 0) is 0 Å². The van der Waals surface area contributed by atoms with Gasteiger partial charge in [0, 0.05) is 18.3 Å². The molecular weight excluding hydrogens is 220 g/mol. The molecule has 1 aromatic carbocycles. The van der Waals surface area contributed by atoms with E-state index in [1.165, 1.54) is 5.75 Å². The molecule has 0 aromatic heterocycles. The highest BCUT2D eigenvalue weighted by Crippen LogP contribution is 2.29. The van der Waals surface area contributed by atoms with Gasteiger partial charge in [0.1, 0.15) is 11.9 Å². The van der Waals surface area contributed by atoms with Crippen LogP contribution in [0.5, 0.6) is 5.75 Å². The van der Waals surface area contributed by atoms with E-state index in [4.69, 9.17) is 4.74 Å². The van der Waals surface area contributed by atoms with Gasteiger partial charge in [-0.25, -0.2) is 0 Å². The van der Waals surface area contributed by atoms with Crippen LogP contribution in [0.1, 0.15) is 24.8 Å². The van der Waals surface area contributed by atoms with Crippen molar-refractivity contribution in [1.29, 1.82) is 0 Å². The average molecular weight is 238 g/mol. The first kappa shape index (κ1) is 11.8. The average Bonchev–Trinajstić information content (AvgIpc) is 2.82. The minimum absolute atomic E-state index is 0.144. The largest absolute Gasteiger partial charge is 0.489 e. The summed E-state index contributed by atoms with van der Waals surface area (Å²) in [5, 5.41) is 9.21. The van der Waals surface area contributed by atoms with Crippen molar-refractivity contribution in [3.63, 3.8) is 0 Å². The first-order valence-corrected chi connectivity index (χ1v) is 6.91. The quantitative estimate of drug-likeness (QED) is 0.874. The van der Waals surface area contributed by atoms with Crippen LogP contribution in [0.25, 0.3) is 0 Å². The van der Waals surface area contributed by atoms with Gasteiger partial charge in [-0.15, -0.1) is 0 Å². The van der Waals surface area contributed by atoms with Crippen LogP contribution in [0.4, 0.5) is 0 Å². The summed E-state index contributed by atoms with van der Waals surface area (Å²) in [6.07, 6.45) is 1.48. The maximum absolute atomic E-state index is 9.21. The van der Waals surface area contributed by atoms with E-state index >= 15 is 0 Å². The van der Waals surface area contributed by atoms with Gasteiger partial charge in [0.25, 0.3) is 0 Å². The molecule has 3 heteroatoms. The van der Waals surface area contributed by atoms with E-state index in [1.54, 1.807) is 0 Å². The molecule has 0 saturated carbocycles. The predicted octanol–water partition coefficient (Wildman–Crippen LogP) is 2.67. The molecule has 2 unspecified atom stereocenters. The molecule has 0 bridgehead atoms. The fourth-order valence-electron chi connectivity index (χ4n) is 1.88. The van der Waals surface area contributed by atoms with Crippen molar-refractivity contribution in [3.05, 3.63) is 29.8 Å². The van der Waals surface area contributed by atoms with Gasteiger partial charge in [-0.3, -0.25) is 0 Å². The Balaban J connectivity index is 2.12. The van der Waals surface area contributed by atoms with E-state index in [9.17, 15) is 5.11 Å². The van der Waals surface area contributed by atoms with Crippen LogP contribution in [0.15, 0.2) is 24.3 Å². The van der Waals surface area contributed by atoms with Gasteiger partial charge in [-0.2, -0.15) is 11.8 Å². The summed E-state index contributed by atoms with van der Waals surface area (Å²) in [6, 6.07) is 8.03. The molecule has 0 spiro atoms. The smallest absolute Gasteiger partial charge is 0.123 e. The first-order chi connectivity index (χ1) is 7.81. The van der Waals surface area contributed by atoms with Gasteiger partial charge >= 0.3 is 0 Å². The highest BCUT2D eigenvalue weighted by Gasteiger charge is 2.19. The molecule has 1 fully saturated rings. The van der Waals surface area contributed by atoms with Crippen molar-refractivity contribution in [3.8, 4) is 5.75 Å². The third-order valence-corrected chi connectivity index (χ3v) is 4.04. The fourth-order valence-corrected chi connectivity index (χ4v) is 2.97. The van der Waals surface area contributed by atoms with E-state index < -0.39 is 0 Å². The Kier molecular flexibility index (Phi) is 4.13. The Morgan fingerprint density at radius 2 is 2.31 bits per heavy atom. The normalized spacial score (nSPS) is 22.0. The van der Waals surface area contributed by atoms with Crippen molar-refractivity contribution in [2.24, 2.45) is 0 Å². The second-order valence-corrected chi connectivity index (χ2v) is 5.37. The highest BCUT2D eigenvalue weighted by molar-refractivity contribution is 7.99. The SMILES string of the molecule is CC(CO)c1ccccc1OC1CCSC1. The molecule has 1 aromatic rings. The van der Waals surface area contributed by atoms with Crippen LogP contribution >= 0.6 is 11.8 Å². The lowest BCUT2D eigenvalue weighted by Gasteiger charge is -2.18. The Labute approximate surface area is 101 Å². The zero-order valence-corrected chi connectivity index (χ0v) is 10.4. The summed E-state index contributed by atoms with van der Waals surface area (Å²) in [7, 11) is 0. The summed E-state index contributed by atoms with van der Waals surface area (Å²) in [6.45, 7) is 2.19. The molecule has 1 heterocycles. The monoisotopic (exact) mass is 238 g/mol. The summed E-state index contributed by atoms with van der Waals surface area (Å²) >= 11 is 1.95. The van der Waals surface area contributed by atoms with Gasteiger partial charge in [-0.05, 0) is 23.8 Å². The Hall–Kier alpha value is -0.670. The van der Waals surface area contributed by atoms with Gasteiger partial charge in [0.15, 0.2) is 0 Å². The molecule has 88 valence electrons. The lowest BCUT2D eigenvalue weighted by atomic mass is 10.0. The van der Waals surface area contributed by atoms with Gasteiger partial charge in [-0.1, -0.05) is 25.1 Å². The van der Waals surface area contributed by atoms with Crippen LogP contribution in [0.2, 0.25) is 0 Å². The summed E-state index contributed by atoms with van der Waals surface area (Å²) in [5.74, 6) is 3.37. The van der Waals surface area contributed by atoms with E-state index in [0.717, 1.165) is 23.5 Å². The van der Waals surface area contributed by atoms with Crippen LogP contribution in [0, 0.1) is 0 Å². The fraction of sp³-hybridized carbons (Fsp3) is 0.538. The van der Waals surface area contributed by atoms with E-state index in [2.05, 4.69) is 0 Å². The second-order valence-electron chi connectivity index (χ2n) is 4.22. The minimum Gasteiger partial charge on any atom is -0.489 e. The maximum atomic E-state index is 9.21. The molecular formula is C13H18O2S. The zero-order chi connectivity index (χ0) is 11.4. The number of benzene rings is 1. The number of para-hydroxylation sites is 1. The second kappa shape index (κ2) is 5.60. The summed E-state index contributed by atoms with van der Waals surface area (Å²) in [4.78, 5) is 0. The van der Waals surface area contributed by atoms with Gasteiger partial charge in [0.05, 0.1) is 0 Å². The summed E-state index contributed by atoms with van der Waals surface area (Å²) < 4.78 is 6.00. The van der Waals surface area contributed by atoms with E-state index in [1.807, 2.05) is 43.0 Å². The molecule has 0 aliphatic carbocycles. The van der Waals surface area contributed by atoms with Crippen molar-refractivity contribution in [1.82, 2.24) is 0 Å². The lowest BCUT2D eigenvalue weighted by molar-refractivity contribution is 0.220. The molecule has 0 amide bonds. The minimum atomic E-state index is 0.144. The molecule has 0 radical (unpaired) electrons. The number of rotatable bonds is 4. The van der Waals surface area contributed by atoms with E-state index in [-0.39, 0.29) is 12.5 Å². The maximum Gasteiger partial charge on any atom is 0.123 e.